The van der Waals surface area contributed by atoms with Crippen LogP contribution in [0.15, 0.2) is 90.3 Å². The first-order valence-electron chi connectivity index (χ1n) is 18.7. The normalized spacial score (nSPS) is 12.9. The van der Waals surface area contributed by atoms with Gasteiger partial charge in [-0.1, -0.05) is 79.7 Å². The predicted octanol–water partition coefficient (Wildman–Crippen LogP) is -0.0148. The molecule has 12 N–H and O–H groups in total. The van der Waals surface area contributed by atoms with Gasteiger partial charge >= 0.3 is 0 Å². The summed E-state index contributed by atoms with van der Waals surface area (Å²) in [6.07, 6.45) is 4.20. The fraction of sp³-hybridized carbons (Fsp3) is 0.350. The molecule has 0 bridgehead atoms. The standard InChI is InChI=1S/C40H51N11O6/c1-2-10-35(53)48-33(21-28-22-44-24-47-28)39(57)50-31(19-25-11-4-3-5-12-25)38(56)49-30(17-9-18-45-40(42)43)37(55)51-32(36(54)46-23-34(41)52)20-27-15-8-14-26-13-6-7-16-29(26)27/h3-8,11-16,22,24,30-33H,2,9-10,17-21,23H2,1H3,(H2,41,52)(H,44,47)(H,46,54)(H,48,53)(H,49,56)(H,50,57)(H,51,55)(H4,42,43,45)/t30-,31+,32?,33-/m0/s1. The number of fused-ring (bicyclic) bond motifs is 1. The molecule has 17 nitrogen and oxygen atoms in total. The minimum absolute atomic E-state index is 0.0413. The summed E-state index contributed by atoms with van der Waals surface area (Å²) in [7, 11) is 0. The molecule has 0 aliphatic carbocycles. The largest absolute Gasteiger partial charge is 0.370 e. The third-order valence-corrected chi connectivity index (χ3v) is 8.98. The minimum atomic E-state index is -1.23. The molecule has 0 saturated carbocycles. The van der Waals surface area contributed by atoms with Crippen LogP contribution in [0.3, 0.4) is 0 Å². The van der Waals surface area contributed by atoms with Gasteiger partial charge in [0.25, 0.3) is 0 Å². The molecule has 57 heavy (non-hydrogen) atoms. The van der Waals surface area contributed by atoms with Crippen molar-refractivity contribution in [3.8, 4) is 0 Å². The van der Waals surface area contributed by atoms with Gasteiger partial charge in [-0.2, -0.15) is 0 Å². The van der Waals surface area contributed by atoms with Crippen LogP contribution in [0.5, 0.6) is 0 Å². The van der Waals surface area contributed by atoms with Gasteiger partial charge in [0.2, 0.25) is 35.4 Å². The molecule has 3 aromatic carbocycles. The number of H-pyrrole nitrogens is 1. The fourth-order valence-electron chi connectivity index (χ4n) is 6.16. The van der Waals surface area contributed by atoms with Gasteiger partial charge in [-0.25, -0.2) is 4.98 Å². The Morgan fingerprint density at radius 1 is 0.719 bits per heavy atom. The van der Waals surface area contributed by atoms with E-state index in [1.54, 1.807) is 24.3 Å². The molecule has 4 atom stereocenters. The van der Waals surface area contributed by atoms with Crippen LogP contribution in [-0.2, 0) is 48.0 Å². The first-order valence-corrected chi connectivity index (χ1v) is 18.7. The highest BCUT2D eigenvalue weighted by Gasteiger charge is 2.32. The number of carbonyl (C=O) groups is 6. The summed E-state index contributed by atoms with van der Waals surface area (Å²) >= 11 is 0. The summed E-state index contributed by atoms with van der Waals surface area (Å²) in [4.78, 5) is 90.9. The van der Waals surface area contributed by atoms with Gasteiger partial charge in [-0.3, -0.25) is 33.8 Å². The molecule has 1 unspecified atom stereocenters. The Balaban J connectivity index is 1.62. The molecule has 6 amide bonds. The van der Waals surface area contributed by atoms with Crippen LogP contribution in [0.2, 0.25) is 0 Å². The second-order valence-electron chi connectivity index (χ2n) is 13.5. The molecular weight excluding hydrogens is 731 g/mol. The number of aliphatic imine (C=N–C) groups is 1. The highest BCUT2D eigenvalue weighted by Crippen LogP contribution is 2.20. The number of primary amides is 1. The minimum Gasteiger partial charge on any atom is -0.370 e. The number of amides is 6. The van der Waals surface area contributed by atoms with E-state index in [0.29, 0.717) is 17.7 Å². The number of hydrogen-bond donors (Lipinski definition) is 9. The van der Waals surface area contributed by atoms with E-state index >= 15 is 0 Å². The van der Waals surface area contributed by atoms with Crippen LogP contribution in [-0.4, -0.2) is 88.6 Å². The quantitative estimate of drug-likeness (QED) is 0.0294. The molecule has 0 radical (unpaired) electrons. The van der Waals surface area contributed by atoms with Crippen LogP contribution >= 0.6 is 0 Å². The van der Waals surface area contributed by atoms with E-state index in [1.165, 1.54) is 12.5 Å². The number of nitrogens with one attached hydrogen (secondary N) is 6. The lowest BCUT2D eigenvalue weighted by Gasteiger charge is -2.27. The summed E-state index contributed by atoms with van der Waals surface area (Å²) in [6, 6.07) is 17.4. The number of aromatic amines is 1. The number of carbonyl (C=O) groups excluding carboxylic acids is 6. The van der Waals surface area contributed by atoms with Gasteiger partial charge in [0, 0.05) is 44.1 Å². The monoisotopic (exact) mass is 781 g/mol. The SMILES string of the molecule is CCCC(=O)N[C@@H](Cc1cnc[nH]1)C(=O)N[C@H](Cc1ccccc1)C(=O)N[C@@H](CCCN=C(N)N)C(=O)NC(Cc1cccc2ccccc12)C(=O)NCC(N)=O. The first kappa shape index (κ1) is 43.0. The molecule has 1 heterocycles. The molecule has 4 rings (SSSR count). The van der Waals surface area contributed by atoms with Gasteiger partial charge in [-0.15, -0.1) is 0 Å². The average molecular weight is 782 g/mol. The van der Waals surface area contributed by atoms with Crippen LogP contribution in [0.4, 0.5) is 0 Å². The highest BCUT2D eigenvalue weighted by molar-refractivity contribution is 5.96. The van der Waals surface area contributed by atoms with Crippen LogP contribution in [0.1, 0.15) is 49.4 Å². The smallest absolute Gasteiger partial charge is 0.243 e. The van der Waals surface area contributed by atoms with E-state index in [-0.39, 0.29) is 56.9 Å². The van der Waals surface area contributed by atoms with Crippen LogP contribution in [0.25, 0.3) is 10.8 Å². The van der Waals surface area contributed by atoms with E-state index < -0.39 is 60.2 Å². The third-order valence-electron chi connectivity index (χ3n) is 8.98. The van der Waals surface area contributed by atoms with E-state index in [1.807, 2.05) is 55.5 Å². The van der Waals surface area contributed by atoms with Gasteiger partial charge in [0.15, 0.2) is 5.96 Å². The van der Waals surface area contributed by atoms with Crippen molar-refractivity contribution >= 4 is 52.2 Å². The molecule has 0 aliphatic heterocycles. The van der Waals surface area contributed by atoms with Crippen LogP contribution in [0, 0.1) is 0 Å². The van der Waals surface area contributed by atoms with Gasteiger partial charge in [0.05, 0.1) is 12.9 Å². The van der Waals surface area contributed by atoms with Gasteiger partial charge in [-0.05, 0) is 41.2 Å². The Hall–Kier alpha value is -6.78. The molecule has 302 valence electrons. The second-order valence-corrected chi connectivity index (χ2v) is 13.5. The Labute approximate surface area is 330 Å². The van der Waals surface area contributed by atoms with E-state index in [9.17, 15) is 28.8 Å². The summed E-state index contributed by atoms with van der Waals surface area (Å²) in [5, 5.41) is 15.3. The summed E-state index contributed by atoms with van der Waals surface area (Å²) in [5.41, 5.74) is 18.4. The number of aromatic nitrogens is 2. The summed E-state index contributed by atoms with van der Waals surface area (Å²) in [5.74, 6) is -3.95. The van der Waals surface area contributed by atoms with Crippen LogP contribution < -0.4 is 43.8 Å². The summed E-state index contributed by atoms with van der Waals surface area (Å²) in [6.45, 7) is 1.52. The molecule has 0 spiro atoms. The zero-order valence-corrected chi connectivity index (χ0v) is 31.8. The predicted molar refractivity (Wildman–Crippen MR) is 215 cm³/mol. The van der Waals surface area contributed by atoms with Crippen molar-refractivity contribution in [2.24, 2.45) is 22.2 Å². The molecule has 1 aromatic heterocycles. The van der Waals surface area contributed by atoms with Crippen molar-refractivity contribution < 1.29 is 28.8 Å². The molecule has 4 aromatic rings. The number of hydrogen-bond acceptors (Lipinski definition) is 8. The first-order chi connectivity index (χ1) is 27.4. The lowest BCUT2D eigenvalue weighted by atomic mass is 9.98. The maximum Gasteiger partial charge on any atom is 0.243 e. The topological polar surface area (TPSA) is 282 Å². The van der Waals surface area contributed by atoms with Crippen molar-refractivity contribution in [2.75, 3.05) is 13.1 Å². The van der Waals surface area contributed by atoms with E-state index in [4.69, 9.17) is 17.2 Å². The van der Waals surface area contributed by atoms with E-state index in [2.05, 4.69) is 41.5 Å². The molecule has 17 heteroatoms. The number of nitrogens with zero attached hydrogens (tertiary/aromatic N) is 2. The maximum atomic E-state index is 14.2. The second kappa shape index (κ2) is 21.9. The Morgan fingerprint density at radius 3 is 2.02 bits per heavy atom. The lowest BCUT2D eigenvalue weighted by Crippen LogP contribution is -2.59. The zero-order chi connectivity index (χ0) is 41.2. The third kappa shape index (κ3) is 14.1. The van der Waals surface area contributed by atoms with Crippen molar-refractivity contribution in [1.82, 2.24) is 36.6 Å². The summed E-state index contributed by atoms with van der Waals surface area (Å²) < 4.78 is 0. The zero-order valence-electron chi connectivity index (χ0n) is 31.8. The van der Waals surface area contributed by atoms with Crippen molar-refractivity contribution in [3.63, 3.8) is 0 Å². The van der Waals surface area contributed by atoms with Gasteiger partial charge < -0.3 is 48.8 Å². The maximum absolute atomic E-state index is 14.2. The number of guanidine groups is 1. The van der Waals surface area contributed by atoms with Crippen molar-refractivity contribution in [2.45, 2.75) is 76.0 Å². The number of nitrogens with two attached hydrogens (primary N) is 3. The molecular formula is C40H51N11O6. The van der Waals surface area contributed by atoms with Crippen molar-refractivity contribution in [3.05, 3.63) is 102 Å². The van der Waals surface area contributed by atoms with Gasteiger partial charge in [0.1, 0.15) is 24.2 Å². The number of benzene rings is 3. The Bertz CT molecular complexity index is 2000. The lowest BCUT2D eigenvalue weighted by molar-refractivity contribution is -0.134. The highest BCUT2D eigenvalue weighted by atomic mass is 16.2. The van der Waals surface area contributed by atoms with E-state index in [0.717, 1.165) is 16.3 Å². The number of imidazole rings is 1. The number of rotatable bonds is 22. The Morgan fingerprint density at radius 2 is 1.35 bits per heavy atom. The van der Waals surface area contributed by atoms with Crippen molar-refractivity contribution in [1.29, 1.82) is 0 Å². The average Bonchev–Trinajstić information content (AvgIpc) is 3.71. The molecule has 0 saturated heterocycles. The fourth-order valence-corrected chi connectivity index (χ4v) is 6.16. The molecule has 0 aliphatic rings. The Kier molecular flexibility index (Phi) is 16.5. The molecule has 0 fully saturated rings.